The van der Waals surface area contributed by atoms with Crippen molar-refractivity contribution >= 4 is 0 Å². The molecule has 0 saturated carbocycles. The zero-order valence-electron chi connectivity index (χ0n) is 6.24. The van der Waals surface area contributed by atoms with Gasteiger partial charge in [0.15, 0.2) is 0 Å². The Morgan fingerprint density at radius 2 is 2.00 bits per heavy atom. The molecule has 5 heteroatoms. The summed E-state index contributed by atoms with van der Waals surface area (Å²) in [5, 5.41) is 0. The van der Waals surface area contributed by atoms with Gasteiger partial charge >= 0.3 is 37.3 Å². The van der Waals surface area contributed by atoms with Gasteiger partial charge in [0.1, 0.15) is 0 Å². The van der Waals surface area contributed by atoms with Crippen LogP contribution in [0.15, 0.2) is 12.3 Å². The van der Waals surface area contributed by atoms with E-state index in [-0.39, 0.29) is 31.1 Å². The molecule has 1 heterocycles. The van der Waals surface area contributed by atoms with Crippen molar-refractivity contribution in [3.05, 3.63) is 29.6 Å². The Morgan fingerprint density at radius 3 is 2.33 bits per heavy atom. The molecule has 1 aromatic rings. The summed E-state index contributed by atoms with van der Waals surface area (Å²) in [4.78, 5) is 3.47. The number of pyridine rings is 1. The molecule has 0 radical (unpaired) electrons. The van der Waals surface area contributed by atoms with E-state index in [1.807, 2.05) is 0 Å². The molecular weight excluding hydrogens is 393 g/mol. The Bertz CT molecular complexity index is 242. The SMILES string of the molecule is Cc1[c-]cc(C(F)(F)F)cn1.[U+2]. The van der Waals surface area contributed by atoms with Gasteiger partial charge in [-0.25, -0.2) is 12.1 Å². The van der Waals surface area contributed by atoms with Crippen LogP contribution < -0.4 is 0 Å². The Hall–Kier alpha value is -0.00805. The van der Waals surface area contributed by atoms with Gasteiger partial charge in [-0.2, -0.15) is 13.2 Å². The van der Waals surface area contributed by atoms with E-state index in [0.29, 0.717) is 5.69 Å². The van der Waals surface area contributed by atoms with Crippen LogP contribution in [0.25, 0.3) is 0 Å². The molecule has 0 amide bonds. The summed E-state index contributed by atoms with van der Waals surface area (Å²) in [6, 6.07) is 3.27. The number of hydrogen-bond acceptors (Lipinski definition) is 1. The van der Waals surface area contributed by atoms with Crippen molar-refractivity contribution in [2.45, 2.75) is 13.1 Å². The molecule has 0 aliphatic rings. The van der Waals surface area contributed by atoms with Gasteiger partial charge < -0.3 is 4.98 Å². The molecule has 1 aromatic heterocycles. The van der Waals surface area contributed by atoms with E-state index in [1.165, 1.54) is 0 Å². The van der Waals surface area contributed by atoms with Crippen LogP contribution in [0.4, 0.5) is 13.2 Å². The fourth-order valence-electron chi connectivity index (χ4n) is 0.578. The van der Waals surface area contributed by atoms with Gasteiger partial charge in [-0.15, -0.1) is 0 Å². The van der Waals surface area contributed by atoms with Crippen LogP contribution >= 0.6 is 0 Å². The first-order valence-electron chi connectivity index (χ1n) is 2.91. The van der Waals surface area contributed by atoms with E-state index in [2.05, 4.69) is 11.1 Å². The third-order valence-corrected chi connectivity index (χ3v) is 1.16. The van der Waals surface area contributed by atoms with E-state index in [1.54, 1.807) is 6.92 Å². The normalized spacial score (nSPS) is 10.7. The van der Waals surface area contributed by atoms with Crippen LogP contribution in [0.1, 0.15) is 11.3 Å². The second kappa shape index (κ2) is 4.29. The molecule has 0 unspecified atom stereocenters. The number of nitrogens with zero attached hydrogens (tertiary/aromatic N) is 1. The van der Waals surface area contributed by atoms with Crippen LogP contribution in [0, 0.1) is 44.1 Å². The minimum absolute atomic E-state index is 0. The van der Waals surface area contributed by atoms with Crippen LogP contribution in [0.2, 0.25) is 0 Å². The zero-order chi connectivity index (χ0) is 8.48. The van der Waals surface area contributed by atoms with Gasteiger partial charge in [-0.3, -0.25) is 0 Å². The van der Waals surface area contributed by atoms with Gasteiger partial charge in [0.25, 0.3) is 0 Å². The van der Waals surface area contributed by atoms with Crippen LogP contribution in [0.5, 0.6) is 0 Å². The molecule has 12 heavy (non-hydrogen) atoms. The quantitative estimate of drug-likeness (QED) is 0.611. The summed E-state index contributed by atoms with van der Waals surface area (Å²) in [6.45, 7) is 1.58. The number of alkyl halides is 3. The molecule has 0 aromatic carbocycles. The minimum atomic E-state index is -4.31. The summed E-state index contributed by atoms with van der Waals surface area (Å²) in [5.74, 6) is 0. The van der Waals surface area contributed by atoms with Gasteiger partial charge in [0.05, 0.1) is 0 Å². The van der Waals surface area contributed by atoms with E-state index < -0.39 is 11.7 Å². The molecule has 1 nitrogen and oxygen atoms in total. The second-order valence-electron chi connectivity index (χ2n) is 2.09. The Balaban J connectivity index is 0.00000121. The molecule has 1 rings (SSSR count). The van der Waals surface area contributed by atoms with Gasteiger partial charge in [-0.05, 0) is 13.1 Å². The van der Waals surface area contributed by atoms with Crippen molar-refractivity contribution in [3.63, 3.8) is 0 Å². The Kier molecular flexibility index (Phi) is 4.29. The molecule has 0 bridgehead atoms. The molecule has 0 saturated heterocycles. The van der Waals surface area contributed by atoms with Crippen molar-refractivity contribution in [3.8, 4) is 0 Å². The first-order valence-corrected chi connectivity index (χ1v) is 2.91. The smallest absolute Gasteiger partial charge is 0.300 e. The molecular formula is C7H5F3NU+. The topological polar surface area (TPSA) is 12.9 Å². The average molecular weight is 398 g/mol. The maximum atomic E-state index is 11.9. The van der Waals surface area contributed by atoms with Crippen LogP contribution in [-0.4, -0.2) is 4.98 Å². The third-order valence-electron chi connectivity index (χ3n) is 1.16. The molecule has 62 valence electrons. The van der Waals surface area contributed by atoms with Gasteiger partial charge in [0, 0.05) is 0 Å². The van der Waals surface area contributed by atoms with E-state index in [0.717, 1.165) is 12.3 Å². The number of halogens is 3. The summed E-state index contributed by atoms with van der Waals surface area (Å²) >= 11 is 0. The van der Waals surface area contributed by atoms with E-state index in [9.17, 15) is 13.2 Å². The largest absolute Gasteiger partial charge is 2.00 e. The van der Waals surface area contributed by atoms with Crippen LogP contribution in [-0.2, 0) is 6.18 Å². The van der Waals surface area contributed by atoms with E-state index in [4.69, 9.17) is 0 Å². The second-order valence-corrected chi connectivity index (χ2v) is 2.09. The maximum absolute atomic E-state index is 11.9. The van der Waals surface area contributed by atoms with Crippen LogP contribution in [0.3, 0.4) is 0 Å². The predicted molar refractivity (Wildman–Crippen MR) is 32.8 cm³/mol. The average Bonchev–Trinajstić information content (AvgIpc) is 1.86. The molecule has 0 fully saturated rings. The zero-order valence-corrected chi connectivity index (χ0v) is 10.4. The van der Waals surface area contributed by atoms with Crippen molar-refractivity contribution in [2.75, 3.05) is 0 Å². The molecule has 0 aliphatic carbocycles. The first kappa shape index (κ1) is 12.0. The Labute approximate surface area is 91.8 Å². The van der Waals surface area contributed by atoms with Crippen molar-refractivity contribution < 1.29 is 44.3 Å². The molecule has 0 N–H and O–H groups in total. The van der Waals surface area contributed by atoms with Gasteiger partial charge in [-0.1, -0.05) is 11.3 Å². The molecule has 0 atom stereocenters. The summed E-state index contributed by atoms with van der Waals surface area (Å²) in [5.41, 5.74) is -0.305. The van der Waals surface area contributed by atoms with Gasteiger partial charge in [0.2, 0.25) is 0 Å². The maximum Gasteiger partial charge on any atom is 2.00 e. The number of rotatable bonds is 0. The molecule has 0 spiro atoms. The number of aromatic nitrogens is 1. The van der Waals surface area contributed by atoms with Crippen molar-refractivity contribution in [1.29, 1.82) is 0 Å². The monoisotopic (exact) mass is 398 g/mol. The first-order chi connectivity index (χ1) is 5.00. The summed E-state index contributed by atoms with van der Waals surface area (Å²) in [6.07, 6.45) is -3.51. The van der Waals surface area contributed by atoms with Crippen molar-refractivity contribution in [1.82, 2.24) is 4.98 Å². The standard InChI is InChI=1S/C7H5F3N.U/c1-5-2-3-6(4-11-5)7(8,9)10;/h3-4H,1H3;/q-1;+2. The predicted octanol–water partition coefficient (Wildman–Crippen LogP) is 2.21. The Morgan fingerprint density at radius 1 is 1.42 bits per heavy atom. The summed E-state index contributed by atoms with van der Waals surface area (Å²) in [7, 11) is 0. The third kappa shape index (κ3) is 3.16. The fraction of sp³-hybridized carbons (Fsp3) is 0.286. The van der Waals surface area contributed by atoms with Crippen molar-refractivity contribution in [2.24, 2.45) is 0 Å². The fourth-order valence-corrected chi connectivity index (χ4v) is 0.578. The number of hydrogen-bond donors (Lipinski definition) is 0. The summed E-state index contributed by atoms with van der Waals surface area (Å²) < 4.78 is 35.6. The molecule has 0 aliphatic heterocycles. The number of aryl methyl sites for hydroxylation is 1. The minimum Gasteiger partial charge on any atom is -0.300 e. The van der Waals surface area contributed by atoms with E-state index >= 15 is 0 Å².